The van der Waals surface area contributed by atoms with Crippen LogP contribution in [-0.4, -0.2) is 38.1 Å². The summed E-state index contributed by atoms with van der Waals surface area (Å²) in [4.78, 5) is 14.3. The fourth-order valence-corrected chi connectivity index (χ4v) is 3.56. The Labute approximate surface area is 148 Å². The number of amides is 1. The van der Waals surface area contributed by atoms with Gasteiger partial charge in [0.15, 0.2) is 6.61 Å². The summed E-state index contributed by atoms with van der Waals surface area (Å²) >= 11 is 1.67. The number of thiophene rings is 1. The molecule has 5 heteroatoms. The van der Waals surface area contributed by atoms with Crippen molar-refractivity contribution in [2.24, 2.45) is 0 Å². The molecule has 0 aliphatic heterocycles. The van der Waals surface area contributed by atoms with Gasteiger partial charge in [0.1, 0.15) is 5.75 Å². The van der Waals surface area contributed by atoms with Gasteiger partial charge in [0.05, 0.1) is 6.04 Å². The molecule has 130 valence electrons. The summed E-state index contributed by atoms with van der Waals surface area (Å²) in [5.41, 5.74) is 4.54. The molecule has 2 aromatic rings. The minimum atomic E-state index is -0.101. The van der Waals surface area contributed by atoms with E-state index >= 15 is 0 Å². The van der Waals surface area contributed by atoms with E-state index in [4.69, 9.17) is 4.74 Å². The van der Waals surface area contributed by atoms with Gasteiger partial charge in [-0.15, -0.1) is 0 Å². The van der Waals surface area contributed by atoms with Crippen LogP contribution in [0.5, 0.6) is 5.75 Å². The molecule has 1 aromatic heterocycles. The molecule has 4 nitrogen and oxygen atoms in total. The number of nitrogens with one attached hydrogen (secondary N) is 1. The molecule has 0 aliphatic rings. The van der Waals surface area contributed by atoms with Gasteiger partial charge in [0.25, 0.3) is 5.91 Å². The number of ether oxygens (including phenoxy) is 1. The SMILES string of the molecule is Cc1cc(C)c(OCC(=O)NCC(c2ccsc2)N(C)C)c(C)c1. The molecule has 0 radical (unpaired) electrons. The molecule has 0 bridgehead atoms. The molecular weight excluding hydrogens is 320 g/mol. The molecule has 0 saturated heterocycles. The first-order valence-electron chi connectivity index (χ1n) is 8.04. The van der Waals surface area contributed by atoms with E-state index in [-0.39, 0.29) is 18.6 Å². The molecule has 1 atom stereocenters. The van der Waals surface area contributed by atoms with E-state index in [1.165, 1.54) is 11.1 Å². The van der Waals surface area contributed by atoms with Crippen molar-refractivity contribution in [3.63, 3.8) is 0 Å². The normalized spacial score (nSPS) is 12.2. The lowest BCUT2D eigenvalue weighted by Gasteiger charge is -2.24. The van der Waals surface area contributed by atoms with Gasteiger partial charge in [-0.3, -0.25) is 4.79 Å². The Bertz CT molecular complexity index is 658. The van der Waals surface area contributed by atoms with Gasteiger partial charge in [0.2, 0.25) is 0 Å². The minimum Gasteiger partial charge on any atom is -0.483 e. The van der Waals surface area contributed by atoms with E-state index in [0.717, 1.165) is 16.9 Å². The fourth-order valence-electron chi connectivity index (χ4n) is 2.86. The summed E-state index contributed by atoms with van der Waals surface area (Å²) in [6, 6.07) is 6.40. The number of aryl methyl sites for hydroxylation is 3. The first kappa shape index (κ1) is 18.5. The molecular formula is C19H26N2O2S. The average Bonchev–Trinajstić information content (AvgIpc) is 3.00. The second-order valence-corrected chi connectivity index (χ2v) is 7.14. The topological polar surface area (TPSA) is 41.6 Å². The lowest BCUT2D eigenvalue weighted by atomic mass is 10.1. The number of hydrogen-bond donors (Lipinski definition) is 1. The van der Waals surface area contributed by atoms with E-state index < -0.39 is 0 Å². The van der Waals surface area contributed by atoms with E-state index in [9.17, 15) is 4.79 Å². The molecule has 1 heterocycles. The maximum Gasteiger partial charge on any atom is 0.258 e. The smallest absolute Gasteiger partial charge is 0.258 e. The van der Waals surface area contributed by atoms with E-state index in [0.29, 0.717) is 6.54 Å². The summed E-state index contributed by atoms with van der Waals surface area (Å²) < 4.78 is 5.74. The molecule has 1 amide bonds. The van der Waals surface area contributed by atoms with E-state index in [1.807, 2.05) is 27.9 Å². The van der Waals surface area contributed by atoms with Crippen molar-refractivity contribution in [2.75, 3.05) is 27.2 Å². The van der Waals surface area contributed by atoms with Crippen LogP contribution in [0, 0.1) is 20.8 Å². The molecule has 0 fully saturated rings. The van der Waals surface area contributed by atoms with Crippen molar-refractivity contribution < 1.29 is 9.53 Å². The summed E-state index contributed by atoms with van der Waals surface area (Å²) in [6.45, 7) is 6.67. The lowest BCUT2D eigenvalue weighted by molar-refractivity contribution is -0.123. The maximum atomic E-state index is 12.2. The number of nitrogens with zero attached hydrogens (tertiary/aromatic N) is 1. The molecule has 0 saturated carbocycles. The molecule has 0 aliphatic carbocycles. The number of likely N-dealkylation sites (N-methyl/N-ethyl adjacent to an activating group) is 1. The molecule has 1 unspecified atom stereocenters. The van der Waals surface area contributed by atoms with Crippen LogP contribution in [0.25, 0.3) is 0 Å². The van der Waals surface area contributed by atoms with Gasteiger partial charge in [-0.1, -0.05) is 17.7 Å². The number of rotatable bonds is 7. The van der Waals surface area contributed by atoms with Gasteiger partial charge in [-0.25, -0.2) is 0 Å². The Morgan fingerprint density at radius 3 is 2.46 bits per heavy atom. The standard InChI is InChI=1S/C19H26N2O2S/c1-13-8-14(2)19(15(3)9-13)23-11-18(22)20-10-17(21(4)5)16-6-7-24-12-16/h6-9,12,17H,10-11H2,1-5H3,(H,20,22). The first-order valence-corrected chi connectivity index (χ1v) is 8.98. The van der Waals surface area contributed by atoms with Crippen molar-refractivity contribution in [3.8, 4) is 5.75 Å². The minimum absolute atomic E-state index is 0.0362. The number of hydrogen-bond acceptors (Lipinski definition) is 4. The zero-order chi connectivity index (χ0) is 17.7. The Balaban J connectivity index is 1.90. The number of carbonyl (C=O) groups is 1. The molecule has 24 heavy (non-hydrogen) atoms. The highest BCUT2D eigenvalue weighted by Crippen LogP contribution is 2.24. The highest BCUT2D eigenvalue weighted by Gasteiger charge is 2.16. The summed E-state index contributed by atoms with van der Waals surface area (Å²) in [5.74, 6) is 0.703. The van der Waals surface area contributed by atoms with Crippen LogP contribution < -0.4 is 10.1 Å². The van der Waals surface area contributed by atoms with Crippen molar-refractivity contribution in [3.05, 3.63) is 51.2 Å². The van der Waals surface area contributed by atoms with Crippen LogP contribution in [0.2, 0.25) is 0 Å². The zero-order valence-corrected chi connectivity index (χ0v) is 15.9. The van der Waals surface area contributed by atoms with Gasteiger partial charge < -0.3 is 15.0 Å². The van der Waals surface area contributed by atoms with Crippen LogP contribution in [0.15, 0.2) is 29.0 Å². The monoisotopic (exact) mass is 346 g/mol. The molecule has 1 N–H and O–H groups in total. The average molecular weight is 346 g/mol. The summed E-state index contributed by atoms with van der Waals surface area (Å²) in [5, 5.41) is 7.14. The van der Waals surface area contributed by atoms with Gasteiger partial charge >= 0.3 is 0 Å². The third kappa shape index (κ3) is 4.82. The van der Waals surface area contributed by atoms with Crippen LogP contribution in [0.3, 0.4) is 0 Å². The van der Waals surface area contributed by atoms with Crippen molar-refractivity contribution in [2.45, 2.75) is 26.8 Å². The quantitative estimate of drug-likeness (QED) is 0.835. The number of benzene rings is 1. The summed E-state index contributed by atoms with van der Waals surface area (Å²) in [7, 11) is 4.04. The molecule has 2 rings (SSSR count). The predicted molar refractivity (Wildman–Crippen MR) is 99.9 cm³/mol. The third-order valence-electron chi connectivity index (χ3n) is 4.00. The predicted octanol–water partition coefficient (Wildman–Crippen LogP) is 3.47. The second kappa shape index (κ2) is 8.31. The fraction of sp³-hybridized carbons (Fsp3) is 0.421. The zero-order valence-electron chi connectivity index (χ0n) is 15.1. The van der Waals surface area contributed by atoms with Crippen LogP contribution in [0.1, 0.15) is 28.3 Å². The van der Waals surface area contributed by atoms with E-state index in [1.54, 1.807) is 11.3 Å². The summed E-state index contributed by atoms with van der Waals surface area (Å²) in [6.07, 6.45) is 0. The molecule has 0 spiro atoms. The van der Waals surface area contributed by atoms with Gasteiger partial charge in [0, 0.05) is 6.54 Å². The number of carbonyl (C=O) groups excluding carboxylic acids is 1. The van der Waals surface area contributed by atoms with Crippen molar-refractivity contribution >= 4 is 17.2 Å². The van der Waals surface area contributed by atoms with Crippen molar-refractivity contribution in [1.82, 2.24) is 10.2 Å². The van der Waals surface area contributed by atoms with Crippen LogP contribution in [0.4, 0.5) is 0 Å². The Kier molecular flexibility index (Phi) is 6.40. The maximum absolute atomic E-state index is 12.2. The second-order valence-electron chi connectivity index (χ2n) is 6.36. The Morgan fingerprint density at radius 2 is 1.92 bits per heavy atom. The molecule has 1 aromatic carbocycles. The van der Waals surface area contributed by atoms with Gasteiger partial charge in [-0.2, -0.15) is 11.3 Å². The first-order chi connectivity index (χ1) is 11.4. The Hall–Kier alpha value is -1.85. The largest absolute Gasteiger partial charge is 0.483 e. The highest BCUT2D eigenvalue weighted by atomic mass is 32.1. The highest BCUT2D eigenvalue weighted by molar-refractivity contribution is 7.07. The van der Waals surface area contributed by atoms with E-state index in [2.05, 4.69) is 46.1 Å². The Morgan fingerprint density at radius 1 is 1.25 bits per heavy atom. The van der Waals surface area contributed by atoms with Crippen molar-refractivity contribution in [1.29, 1.82) is 0 Å². The third-order valence-corrected chi connectivity index (χ3v) is 4.70. The van der Waals surface area contributed by atoms with Crippen LogP contribution >= 0.6 is 11.3 Å². The lowest BCUT2D eigenvalue weighted by Crippen LogP contribution is -2.36. The van der Waals surface area contributed by atoms with Gasteiger partial charge in [-0.05, 0) is 68.4 Å². The van der Waals surface area contributed by atoms with Crippen LogP contribution in [-0.2, 0) is 4.79 Å².